The average Bonchev–Trinajstić information content (AvgIpc) is 2.91. The van der Waals surface area contributed by atoms with Crippen molar-refractivity contribution in [2.24, 2.45) is 11.7 Å². The Labute approximate surface area is 136 Å². The van der Waals surface area contributed by atoms with Gasteiger partial charge in [0.25, 0.3) is 0 Å². The maximum absolute atomic E-state index is 9.45. The molecule has 3 atom stereocenters. The Kier molecular flexibility index (Phi) is 5.68. The van der Waals surface area contributed by atoms with Gasteiger partial charge in [-0.2, -0.15) is 0 Å². The normalized spacial score (nSPS) is 26.6. The molecule has 22 heavy (non-hydrogen) atoms. The third-order valence-electron chi connectivity index (χ3n) is 5.97. The molecule has 0 heterocycles. The van der Waals surface area contributed by atoms with E-state index in [4.69, 9.17) is 5.73 Å². The van der Waals surface area contributed by atoms with Crippen molar-refractivity contribution in [3.05, 3.63) is 34.9 Å². The fourth-order valence-electron chi connectivity index (χ4n) is 4.30. The molecule has 0 amide bonds. The van der Waals surface area contributed by atoms with Crippen LogP contribution >= 0.6 is 0 Å². The first-order valence-electron chi connectivity index (χ1n) is 8.94. The summed E-state index contributed by atoms with van der Waals surface area (Å²) < 4.78 is 0. The van der Waals surface area contributed by atoms with E-state index in [2.05, 4.69) is 45.9 Å². The molecule has 0 spiro atoms. The number of aliphatic hydroxyl groups is 1. The van der Waals surface area contributed by atoms with Gasteiger partial charge in [0.05, 0.1) is 6.61 Å². The Morgan fingerprint density at radius 1 is 1.32 bits per heavy atom. The molecule has 2 nitrogen and oxygen atoms in total. The van der Waals surface area contributed by atoms with Crippen LogP contribution < -0.4 is 5.73 Å². The van der Waals surface area contributed by atoms with E-state index in [0.29, 0.717) is 11.8 Å². The molecule has 2 rings (SSSR count). The topological polar surface area (TPSA) is 46.2 Å². The van der Waals surface area contributed by atoms with Gasteiger partial charge in [-0.15, -0.1) is 0 Å². The van der Waals surface area contributed by atoms with Crippen LogP contribution in [0.3, 0.4) is 0 Å². The van der Waals surface area contributed by atoms with Crippen molar-refractivity contribution in [1.82, 2.24) is 0 Å². The molecule has 3 unspecified atom stereocenters. The number of benzene rings is 1. The molecule has 2 heteroatoms. The highest BCUT2D eigenvalue weighted by molar-refractivity contribution is 5.36. The smallest absolute Gasteiger partial charge is 0.0611 e. The van der Waals surface area contributed by atoms with E-state index in [1.165, 1.54) is 29.5 Å². The number of hydrogen-bond donors (Lipinski definition) is 2. The van der Waals surface area contributed by atoms with Crippen LogP contribution in [0.2, 0.25) is 0 Å². The minimum Gasteiger partial charge on any atom is -0.394 e. The van der Waals surface area contributed by atoms with Crippen LogP contribution in [0.25, 0.3) is 0 Å². The predicted molar refractivity (Wildman–Crippen MR) is 94.3 cm³/mol. The van der Waals surface area contributed by atoms with Gasteiger partial charge in [0.2, 0.25) is 0 Å². The van der Waals surface area contributed by atoms with Gasteiger partial charge >= 0.3 is 0 Å². The first kappa shape index (κ1) is 17.5. The van der Waals surface area contributed by atoms with Gasteiger partial charge in [0, 0.05) is 5.54 Å². The molecule has 1 aromatic carbocycles. The van der Waals surface area contributed by atoms with Crippen LogP contribution in [-0.2, 0) is 0 Å². The quantitative estimate of drug-likeness (QED) is 0.813. The predicted octanol–water partition coefficient (Wildman–Crippen LogP) is 4.49. The van der Waals surface area contributed by atoms with E-state index in [0.717, 1.165) is 25.2 Å². The maximum atomic E-state index is 9.45. The minimum atomic E-state index is -0.361. The lowest BCUT2D eigenvalue weighted by Gasteiger charge is -2.25. The highest BCUT2D eigenvalue weighted by Gasteiger charge is 2.35. The van der Waals surface area contributed by atoms with Gasteiger partial charge in [-0.3, -0.25) is 0 Å². The Bertz CT molecular complexity index is 494. The number of hydrogen-bond acceptors (Lipinski definition) is 2. The van der Waals surface area contributed by atoms with Crippen LogP contribution in [0.4, 0.5) is 0 Å². The second-order valence-electron chi connectivity index (χ2n) is 7.44. The van der Waals surface area contributed by atoms with Crippen LogP contribution in [0.5, 0.6) is 0 Å². The van der Waals surface area contributed by atoms with Gasteiger partial charge < -0.3 is 10.8 Å². The largest absolute Gasteiger partial charge is 0.394 e. The van der Waals surface area contributed by atoms with Crippen LogP contribution in [-0.4, -0.2) is 17.3 Å². The van der Waals surface area contributed by atoms with E-state index in [1.54, 1.807) is 0 Å². The molecule has 1 saturated carbocycles. The van der Waals surface area contributed by atoms with E-state index < -0.39 is 0 Å². The number of aryl methyl sites for hydroxylation is 1. The van der Waals surface area contributed by atoms with Crippen molar-refractivity contribution in [3.8, 4) is 0 Å². The maximum Gasteiger partial charge on any atom is 0.0611 e. The summed E-state index contributed by atoms with van der Waals surface area (Å²) in [6.45, 7) is 9.30. The van der Waals surface area contributed by atoms with Gasteiger partial charge in [0.1, 0.15) is 0 Å². The zero-order valence-corrected chi connectivity index (χ0v) is 14.7. The third kappa shape index (κ3) is 3.55. The van der Waals surface area contributed by atoms with E-state index in [1.807, 2.05) is 0 Å². The summed E-state index contributed by atoms with van der Waals surface area (Å²) >= 11 is 0. The van der Waals surface area contributed by atoms with Crippen molar-refractivity contribution in [1.29, 1.82) is 0 Å². The lowest BCUT2D eigenvalue weighted by Crippen LogP contribution is -2.40. The Balaban J connectivity index is 2.17. The number of aliphatic hydroxyl groups excluding tert-OH is 1. The molecular formula is C20H33NO. The molecule has 0 saturated heterocycles. The van der Waals surface area contributed by atoms with E-state index in [-0.39, 0.29) is 12.1 Å². The molecule has 0 radical (unpaired) electrons. The minimum absolute atomic E-state index is 0.103. The second-order valence-corrected chi connectivity index (χ2v) is 7.44. The first-order valence-corrected chi connectivity index (χ1v) is 8.94. The molecule has 1 aliphatic rings. The number of rotatable bonds is 6. The number of nitrogens with two attached hydrogens (primary N) is 1. The van der Waals surface area contributed by atoms with E-state index >= 15 is 0 Å². The Hall–Kier alpha value is -0.860. The summed E-state index contributed by atoms with van der Waals surface area (Å²) in [7, 11) is 0. The molecule has 0 bridgehead atoms. The molecule has 124 valence electrons. The molecule has 1 aliphatic carbocycles. The van der Waals surface area contributed by atoms with Crippen LogP contribution in [0, 0.1) is 12.8 Å². The van der Waals surface area contributed by atoms with E-state index in [9.17, 15) is 5.11 Å². The molecule has 1 aromatic rings. The van der Waals surface area contributed by atoms with Crippen molar-refractivity contribution in [2.45, 2.75) is 77.2 Å². The Morgan fingerprint density at radius 3 is 2.50 bits per heavy atom. The molecule has 0 aromatic heterocycles. The standard InChI is InChI=1S/C20H33NO/c1-5-16(6-2)15(4)19-8-7-17(11-14(19)3)18-9-10-20(21,12-18)13-22/h7-8,11,15-16,18,22H,5-6,9-10,12-13,21H2,1-4H3. The fraction of sp³-hybridized carbons (Fsp3) is 0.700. The first-order chi connectivity index (χ1) is 10.4. The molecular weight excluding hydrogens is 270 g/mol. The van der Waals surface area contributed by atoms with Crippen LogP contribution in [0.1, 0.15) is 81.4 Å². The molecule has 3 N–H and O–H groups in total. The lowest BCUT2D eigenvalue weighted by molar-refractivity contribution is 0.198. The highest BCUT2D eigenvalue weighted by Crippen LogP contribution is 2.40. The summed E-state index contributed by atoms with van der Waals surface area (Å²) in [5, 5.41) is 9.45. The van der Waals surface area contributed by atoms with Crippen molar-refractivity contribution in [2.75, 3.05) is 6.61 Å². The molecule has 1 fully saturated rings. The summed E-state index contributed by atoms with van der Waals surface area (Å²) in [6, 6.07) is 7.00. The summed E-state index contributed by atoms with van der Waals surface area (Å²) in [5.41, 5.74) is 10.2. The van der Waals surface area contributed by atoms with Crippen molar-refractivity contribution >= 4 is 0 Å². The SMILES string of the molecule is CCC(CC)C(C)c1ccc(C2CCC(N)(CO)C2)cc1C. The highest BCUT2D eigenvalue weighted by atomic mass is 16.3. The zero-order chi connectivity index (χ0) is 16.3. The zero-order valence-electron chi connectivity index (χ0n) is 14.7. The van der Waals surface area contributed by atoms with Gasteiger partial charge in [-0.25, -0.2) is 0 Å². The summed E-state index contributed by atoms with van der Waals surface area (Å²) in [5.74, 6) is 1.90. The van der Waals surface area contributed by atoms with Crippen molar-refractivity contribution < 1.29 is 5.11 Å². The second kappa shape index (κ2) is 7.14. The Morgan fingerprint density at radius 2 is 2.00 bits per heavy atom. The van der Waals surface area contributed by atoms with Gasteiger partial charge in [-0.05, 0) is 60.6 Å². The summed E-state index contributed by atoms with van der Waals surface area (Å²) in [4.78, 5) is 0. The monoisotopic (exact) mass is 303 g/mol. The average molecular weight is 303 g/mol. The lowest BCUT2D eigenvalue weighted by atomic mass is 9.81. The van der Waals surface area contributed by atoms with Crippen LogP contribution in [0.15, 0.2) is 18.2 Å². The molecule has 0 aliphatic heterocycles. The van der Waals surface area contributed by atoms with Gasteiger partial charge in [0.15, 0.2) is 0 Å². The fourth-order valence-corrected chi connectivity index (χ4v) is 4.30. The third-order valence-corrected chi connectivity index (χ3v) is 5.97. The van der Waals surface area contributed by atoms with Gasteiger partial charge in [-0.1, -0.05) is 51.8 Å². The summed E-state index contributed by atoms with van der Waals surface area (Å²) in [6.07, 6.45) is 5.42. The van der Waals surface area contributed by atoms with Crippen molar-refractivity contribution in [3.63, 3.8) is 0 Å².